The lowest BCUT2D eigenvalue weighted by Crippen LogP contribution is -2.02. The third-order valence-electron chi connectivity index (χ3n) is 3.64. The molecule has 21 heavy (non-hydrogen) atoms. The molecule has 0 aliphatic heterocycles. The second-order valence-corrected chi connectivity index (χ2v) is 5.10. The maximum atomic E-state index is 10.7. The van der Waals surface area contributed by atoms with E-state index in [1.165, 1.54) is 0 Å². The molecule has 1 aromatic heterocycles. The zero-order valence-electron chi connectivity index (χ0n) is 12.1. The first-order chi connectivity index (χ1) is 10.2. The van der Waals surface area contributed by atoms with Crippen LogP contribution in [0.4, 0.5) is 0 Å². The molecule has 0 aliphatic rings. The smallest absolute Gasteiger partial charge is 0.126 e. The molecule has 106 valence electrons. The quantitative estimate of drug-likeness (QED) is 0.796. The van der Waals surface area contributed by atoms with E-state index in [4.69, 9.17) is 4.74 Å². The van der Waals surface area contributed by atoms with Crippen LogP contribution in [-0.4, -0.2) is 17.2 Å². The van der Waals surface area contributed by atoms with Crippen molar-refractivity contribution >= 4 is 10.8 Å². The Bertz CT molecular complexity index is 783. The minimum atomic E-state index is -0.701. The number of methoxy groups -OCH3 is 1. The van der Waals surface area contributed by atoms with E-state index < -0.39 is 6.10 Å². The SMILES string of the molecule is COc1ccc(C(O)c2cncc(C)c2)c2ccccc12. The summed E-state index contributed by atoms with van der Waals surface area (Å²) in [4.78, 5) is 4.16. The van der Waals surface area contributed by atoms with Gasteiger partial charge in [-0.05, 0) is 29.5 Å². The molecule has 1 heterocycles. The molecule has 0 saturated carbocycles. The fourth-order valence-corrected chi connectivity index (χ4v) is 2.62. The highest BCUT2D eigenvalue weighted by molar-refractivity contribution is 5.91. The van der Waals surface area contributed by atoms with Crippen LogP contribution in [-0.2, 0) is 0 Å². The largest absolute Gasteiger partial charge is 0.496 e. The summed E-state index contributed by atoms with van der Waals surface area (Å²) in [5.41, 5.74) is 2.69. The molecule has 0 bridgehead atoms. The highest BCUT2D eigenvalue weighted by Gasteiger charge is 2.15. The Balaban J connectivity index is 2.17. The highest BCUT2D eigenvalue weighted by Crippen LogP contribution is 2.33. The molecule has 0 saturated heterocycles. The van der Waals surface area contributed by atoms with Crippen molar-refractivity contribution in [2.45, 2.75) is 13.0 Å². The molecular formula is C18H17NO2. The second-order valence-electron chi connectivity index (χ2n) is 5.10. The summed E-state index contributed by atoms with van der Waals surface area (Å²) in [6.45, 7) is 1.97. The second kappa shape index (κ2) is 5.54. The Morgan fingerprint density at radius 2 is 1.81 bits per heavy atom. The predicted octanol–water partition coefficient (Wildman–Crippen LogP) is 3.63. The van der Waals surface area contributed by atoms with Crippen LogP contribution < -0.4 is 4.74 Å². The maximum Gasteiger partial charge on any atom is 0.126 e. The van der Waals surface area contributed by atoms with Crippen LogP contribution >= 0.6 is 0 Å². The molecule has 0 radical (unpaired) electrons. The summed E-state index contributed by atoms with van der Waals surface area (Å²) in [5, 5.41) is 12.7. The zero-order chi connectivity index (χ0) is 14.8. The van der Waals surface area contributed by atoms with Crippen LogP contribution in [0.1, 0.15) is 22.8 Å². The molecule has 1 N–H and O–H groups in total. The topological polar surface area (TPSA) is 42.4 Å². The van der Waals surface area contributed by atoms with E-state index in [-0.39, 0.29) is 0 Å². The van der Waals surface area contributed by atoms with E-state index >= 15 is 0 Å². The predicted molar refractivity (Wildman–Crippen MR) is 83.5 cm³/mol. The van der Waals surface area contributed by atoms with Gasteiger partial charge >= 0.3 is 0 Å². The van der Waals surface area contributed by atoms with Crippen LogP contribution in [0.3, 0.4) is 0 Å². The number of rotatable bonds is 3. The van der Waals surface area contributed by atoms with Gasteiger partial charge in [-0.2, -0.15) is 0 Å². The van der Waals surface area contributed by atoms with Gasteiger partial charge in [-0.25, -0.2) is 0 Å². The van der Waals surface area contributed by atoms with E-state index in [1.54, 1.807) is 19.5 Å². The Morgan fingerprint density at radius 1 is 1.05 bits per heavy atom. The zero-order valence-corrected chi connectivity index (χ0v) is 12.1. The monoisotopic (exact) mass is 279 g/mol. The van der Waals surface area contributed by atoms with Gasteiger partial charge in [-0.3, -0.25) is 4.98 Å². The van der Waals surface area contributed by atoms with E-state index in [0.29, 0.717) is 0 Å². The fourth-order valence-electron chi connectivity index (χ4n) is 2.62. The number of aliphatic hydroxyl groups is 1. The van der Waals surface area contributed by atoms with Crippen LogP contribution in [0.15, 0.2) is 54.9 Å². The number of fused-ring (bicyclic) bond motifs is 1. The van der Waals surface area contributed by atoms with Crippen molar-refractivity contribution in [1.82, 2.24) is 4.98 Å². The Morgan fingerprint density at radius 3 is 2.52 bits per heavy atom. The van der Waals surface area contributed by atoms with Crippen LogP contribution in [0, 0.1) is 6.92 Å². The number of benzene rings is 2. The summed E-state index contributed by atoms with van der Waals surface area (Å²) in [6.07, 6.45) is 2.78. The first kappa shape index (κ1) is 13.6. The third kappa shape index (κ3) is 2.48. The summed E-state index contributed by atoms with van der Waals surface area (Å²) >= 11 is 0. The summed E-state index contributed by atoms with van der Waals surface area (Å²) < 4.78 is 5.39. The van der Waals surface area contributed by atoms with Crippen molar-refractivity contribution in [3.05, 3.63) is 71.5 Å². The number of aliphatic hydroxyl groups excluding tert-OH is 1. The molecule has 3 rings (SSSR count). The van der Waals surface area contributed by atoms with Crippen molar-refractivity contribution < 1.29 is 9.84 Å². The number of aromatic nitrogens is 1. The van der Waals surface area contributed by atoms with Gasteiger partial charge in [0.2, 0.25) is 0 Å². The summed E-state index contributed by atoms with van der Waals surface area (Å²) in [7, 11) is 1.66. The lowest BCUT2D eigenvalue weighted by molar-refractivity contribution is 0.221. The minimum absolute atomic E-state index is 0.701. The Labute approximate surface area is 123 Å². The summed E-state index contributed by atoms with van der Waals surface area (Å²) in [6, 6.07) is 13.7. The minimum Gasteiger partial charge on any atom is -0.496 e. The average molecular weight is 279 g/mol. The molecule has 0 spiro atoms. The fraction of sp³-hybridized carbons (Fsp3) is 0.167. The standard InChI is InChI=1S/C18H17NO2/c1-12-9-13(11-19-10-12)18(20)16-7-8-17(21-2)15-6-4-3-5-14(15)16/h3-11,18,20H,1-2H3. The van der Waals surface area contributed by atoms with Gasteiger partial charge in [-0.1, -0.05) is 36.4 Å². The highest BCUT2D eigenvalue weighted by atomic mass is 16.5. The molecule has 1 atom stereocenters. The Hall–Kier alpha value is -2.39. The van der Waals surface area contributed by atoms with Gasteiger partial charge < -0.3 is 9.84 Å². The molecular weight excluding hydrogens is 262 g/mol. The first-order valence-electron chi connectivity index (χ1n) is 6.86. The molecule has 2 aromatic carbocycles. The first-order valence-corrected chi connectivity index (χ1v) is 6.86. The van der Waals surface area contributed by atoms with E-state index in [1.807, 2.05) is 49.4 Å². The van der Waals surface area contributed by atoms with Gasteiger partial charge in [-0.15, -0.1) is 0 Å². The molecule has 3 heteroatoms. The lowest BCUT2D eigenvalue weighted by atomic mass is 9.96. The van der Waals surface area contributed by atoms with Crippen molar-refractivity contribution in [2.75, 3.05) is 7.11 Å². The van der Waals surface area contributed by atoms with Crippen molar-refractivity contribution in [3.63, 3.8) is 0 Å². The van der Waals surface area contributed by atoms with Crippen molar-refractivity contribution in [2.24, 2.45) is 0 Å². The Kier molecular flexibility index (Phi) is 3.59. The maximum absolute atomic E-state index is 10.7. The average Bonchev–Trinajstić information content (AvgIpc) is 2.53. The van der Waals surface area contributed by atoms with Gasteiger partial charge in [0.05, 0.1) is 7.11 Å². The normalized spacial score (nSPS) is 12.3. The van der Waals surface area contributed by atoms with E-state index in [2.05, 4.69) is 4.98 Å². The lowest BCUT2D eigenvalue weighted by Gasteiger charge is -2.16. The third-order valence-corrected chi connectivity index (χ3v) is 3.64. The molecule has 0 fully saturated rings. The number of hydrogen-bond donors (Lipinski definition) is 1. The van der Waals surface area contributed by atoms with Crippen LogP contribution in [0.2, 0.25) is 0 Å². The van der Waals surface area contributed by atoms with E-state index in [9.17, 15) is 5.11 Å². The summed E-state index contributed by atoms with van der Waals surface area (Å²) in [5.74, 6) is 0.809. The number of nitrogens with zero attached hydrogens (tertiary/aromatic N) is 1. The molecule has 3 nitrogen and oxygen atoms in total. The van der Waals surface area contributed by atoms with Gasteiger partial charge in [0.1, 0.15) is 11.9 Å². The molecule has 3 aromatic rings. The van der Waals surface area contributed by atoms with Gasteiger partial charge in [0, 0.05) is 23.3 Å². The number of pyridine rings is 1. The van der Waals surface area contributed by atoms with Crippen LogP contribution in [0.25, 0.3) is 10.8 Å². The van der Waals surface area contributed by atoms with Gasteiger partial charge in [0.25, 0.3) is 0 Å². The molecule has 0 amide bonds. The molecule has 0 aliphatic carbocycles. The number of ether oxygens (including phenoxy) is 1. The van der Waals surface area contributed by atoms with Crippen molar-refractivity contribution in [1.29, 1.82) is 0 Å². The molecule has 1 unspecified atom stereocenters. The van der Waals surface area contributed by atoms with Crippen molar-refractivity contribution in [3.8, 4) is 5.75 Å². The number of hydrogen-bond acceptors (Lipinski definition) is 3. The van der Waals surface area contributed by atoms with Gasteiger partial charge in [0.15, 0.2) is 0 Å². The van der Waals surface area contributed by atoms with Crippen LogP contribution in [0.5, 0.6) is 5.75 Å². The van der Waals surface area contributed by atoms with E-state index in [0.717, 1.165) is 33.2 Å². The number of aryl methyl sites for hydroxylation is 1.